The topological polar surface area (TPSA) is 36.1 Å². The summed E-state index contributed by atoms with van der Waals surface area (Å²) >= 11 is 0. The highest BCUT2D eigenvalue weighted by Gasteiger charge is 2.23. The Morgan fingerprint density at radius 3 is 0.962 bits per heavy atom. The van der Waals surface area contributed by atoms with Crippen LogP contribution in [0.3, 0.4) is 0 Å². The largest absolute Gasteiger partial charge is 0.455 e. The molecule has 0 unspecified atom stereocenters. The predicted molar refractivity (Wildman–Crippen MR) is 215 cm³/mol. The van der Waals surface area contributed by atoms with Crippen LogP contribution in [-0.2, 0) is 0 Å². The lowest BCUT2D eigenvalue weighted by atomic mass is 9.98. The van der Waals surface area contributed by atoms with E-state index in [2.05, 4.69) is 167 Å². The number of rotatable bonds is 3. The number of aromatic nitrogens is 2. The van der Waals surface area contributed by atoms with Crippen molar-refractivity contribution in [3.05, 3.63) is 170 Å². The van der Waals surface area contributed by atoms with Gasteiger partial charge in [0.05, 0.1) is 22.1 Å². The lowest BCUT2D eigenvalue weighted by Crippen LogP contribution is -1.97. The van der Waals surface area contributed by atoms with Crippen molar-refractivity contribution in [1.82, 2.24) is 9.13 Å². The SMILES string of the molecule is c1ccc2c(c1)oc1c(-c3cc(-n4c5ccccc5c5ccccc54)cc4c3oc3ccccc34)cc(-n3c4ccccc4c4ccccc43)cc12. The van der Waals surface area contributed by atoms with Gasteiger partial charge in [-0.05, 0) is 60.7 Å². The molecule has 4 aromatic heterocycles. The molecule has 12 aromatic rings. The summed E-state index contributed by atoms with van der Waals surface area (Å²) in [7, 11) is 0. The van der Waals surface area contributed by atoms with Gasteiger partial charge in [-0.1, -0.05) is 109 Å². The fourth-order valence-corrected chi connectivity index (χ4v) is 8.68. The number of benzene rings is 8. The number of nitrogens with zero attached hydrogens (tertiary/aromatic N) is 2. The minimum atomic E-state index is 0.840. The standard InChI is InChI=1S/C48H28N2O2/c1-7-19-41-31(13-1)32-14-2-8-20-42(32)49(41)29-25-37-35-17-5-11-23-45(35)51-47(37)39(27-29)40-28-30(26-38-36-18-6-12-24-46(36)52-48(38)40)50-43-21-9-3-15-33(43)34-16-4-10-22-44(34)50/h1-28H. The number of hydrogen-bond donors (Lipinski definition) is 0. The summed E-state index contributed by atoms with van der Waals surface area (Å²) in [5.74, 6) is 0. The Bertz CT molecular complexity index is 3090. The van der Waals surface area contributed by atoms with Gasteiger partial charge in [0.25, 0.3) is 0 Å². The maximum atomic E-state index is 6.82. The summed E-state index contributed by atoms with van der Waals surface area (Å²) in [6.45, 7) is 0. The molecular weight excluding hydrogens is 637 g/mol. The van der Waals surface area contributed by atoms with Crippen LogP contribution in [0.2, 0.25) is 0 Å². The van der Waals surface area contributed by atoms with E-state index in [9.17, 15) is 0 Å². The van der Waals surface area contributed by atoms with Crippen molar-refractivity contribution < 1.29 is 8.83 Å². The molecule has 12 rings (SSSR count). The van der Waals surface area contributed by atoms with Gasteiger partial charge in [0.2, 0.25) is 0 Å². The minimum absolute atomic E-state index is 0.840. The second kappa shape index (κ2) is 10.3. The molecule has 0 atom stereocenters. The molecule has 4 heteroatoms. The van der Waals surface area contributed by atoms with Crippen LogP contribution in [0.15, 0.2) is 179 Å². The highest BCUT2D eigenvalue weighted by molar-refractivity contribution is 6.18. The van der Waals surface area contributed by atoms with Gasteiger partial charge >= 0.3 is 0 Å². The molecule has 0 fully saturated rings. The van der Waals surface area contributed by atoms with Crippen molar-refractivity contribution >= 4 is 87.5 Å². The van der Waals surface area contributed by atoms with Crippen LogP contribution in [0.5, 0.6) is 0 Å². The van der Waals surface area contributed by atoms with Crippen LogP contribution in [0.25, 0.3) is 110 Å². The summed E-state index contributed by atoms with van der Waals surface area (Å²) in [5, 5.41) is 9.21. The van der Waals surface area contributed by atoms with Crippen molar-refractivity contribution in [3.63, 3.8) is 0 Å². The van der Waals surface area contributed by atoms with Crippen molar-refractivity contribution in [2.45, 2.75) is 0 Å². The highest BCUT2D eigenvalue weighted by atomic mass is 16.3. The van der Waals surface area contributed by atoms with E-state index < -0.39 is 0 Å². The van der Waals surface area contributed by atoms with Gasteiger partial charge < -0.3 is 18.0 Å². The maximum absolute atomic E-state index is 6.82. The third-order valence-electron chi connectivity index (χ3n) is 10.9. The molecule has 0 bridgehead atoms. The van der Waals surface area contributed by atoms with Crippen LogP contribution >= 0.6 is 0 Å². The lowest BCUT2D eigenvalue weighted by Gasteiger charge is -2.14. The molecule has 0 radical (unpaired) electrons. The molecule has 0 aliphatic heterocycles. The Morgan fingerprint density at radius 2 is 0.596 bits per heavy atom. The zero-order valence-corrected chi connectivity index (χ0v) is 27.9. The van der Waals surface area contributed by atoms with Crippen LogP contribution < -0.4 is 0 Å². The van der Waals surface area contributed by atoms with Gasteiger partial charge in [0, 0.05) is 65.6 Å². The zero-order valence-electron chi connectivity index (χ0n) is 27.9. The molecule has 0 N–H and O–H groups in total. The normalized spacial score (nSPS) is 12.2. The Balaban J connectivity index is 1.26. The zero-order chi connectivity index (χ0) is 33.9. The maximum Gasteiger partial charge on any atom is 0.143 e. The Morgan fingerprint density at radius 1 is 0.288 bits per heavy atom. The Kier molecular flexibility index (Phi) is 5.47. The summed E-state index contributed by atoms with van der Waals surface area (Å²) in [5.41, 5.74) is 12.1. The second-order valence-corrected chi connectivity index (χ2v) is 13.7. The first kappa shape index (κ1) is 27.7. The molecule has 8 aromatic carbocycles. The highest BCUT2D eigenvalue weighted by Crippen LogP contribution is 2.45. The summed E-state index contributed by atoms with van der Waals surface area (Å²) < 4.78 is 18.4. The Labute approximate surface area is 296 Å². The third kappa shape index (κ3) is 3.70. The summed E-state index contributed by atoms with van der Waals surface area (Å²) in [6, 6.07) is 60.6. The van der Waals surface area contributed by atoms with Crippen molar-refractivity contribution in [3.8, 4) is 22.5 Å². The van der Waals surface area contributed by atoms with E-state index in [1.165, 1.54) is 21.5 Å². The molecule has 0 saturated carbocycles. The summed E-state index contributed by atoms with van der Waals surface area (Å²) in [4.78, 5) is 0. The smallest absolute Gasteiger partial charge is 0.143 e. The van der Waals surface area contributed by atoms with E-state index in [1.54, 1.807) is 0 Å². The third-order valence-corrected chi connectivity index (χ3v) is 10.9. The number of hydrogen-bond acceptors (Lipinski definition) is 2. The van der Waals surface area contributed by atoms with E-state index >= 15 is 0 Å². The van der Waals surface area contributed by atoms with Crippen LogP contribution in [0.1, 0.15) is 0 Å². The molecule has 242 valence electrons. The van der Waals surface area contributed by atoms with Gasteiger partial charge in [-0.15, -0.1) is 0 Å². The first-order valence-electron chi connectivity index (χ1n) is 17.7. The van der Waals surface area contributed by atoms with Crippen molar-refractivity contribution in [2.75, 3.05) is 0 Å². The van der Waals surface area contributed by atoms with E-state index in [0.717, 1.165) is 88.4 Å². The number of para-hydroxylation sites is 6. The van der Waals surface area contributed by atoms with Gasteiger partial charge in [-0.25, -0.2) is 0 Å². The Hall–Kier alpha value is -7.04. The van der Waals surface area contributed by atoms with E-state index in [-0.39, 0.29) is 0 Å². The fourth-order valence-electron chi connectivity index (χ4n) is 8.68. The van der Waals surface area contributed by atoms with E-state index in [0.29, 0.717) is 0 Å². The molecule has 52 heavy (non-hydrogen) atoms. The molecule has 0 spiro atoms. The quantitative estimate of drug-likeness (QED) is 0.188. The average molecular weight is 665 g/mol. The minimum Gasteiger partial charge on any atom is -0.455 e. The molecule has 4 nitrogen and oxygen atoms in total. The molecule has 0 aliphatic carbocycles. The van der Waals surface area contributed by atoms with Gasteiger partial charge in [0.15, 0.2) is 0 Å². The van der Waals surface area contributed by atoms with E-state index in [4.69, 9.17) is 8.83 Å². The molecule has 4 heterocycles. The second-order valence-electron chi connectivity index (χ2n) is 13.7. The number of furan rings is 2. The fraction of sp³-hybridized carbons (Fsp3) is 0. The van der Waals surface area contributed by atoms with Gasteiger partial charge in [-0.2, -0.15) is 0 Å². The van der Waals surface area contributed by atoms with Crippen molar-refractivity contribution in [1.29, 1.82) is 0 Å². The van der Waals surface area contributed by atoms with Gasteiger partial charge in [-0.3, -0.25) is 0 Å². The molecule has 0 aliphatic rings. The summed E-state index contributed by atoms with van der Waals surface area (Å²) in [6.07, 6.45) is 0. The van der Waals surface area contributed by atoms with Gasteiger partial charge in [0.1, 0.15) is 22.3 Å². The first-order chi connectivity index (χ1) is 25.8. The van der Waals surface area contributed by atoms with Crippen LogP contribution in [0.4, 0.5) is 0 Å². The molecular formula is C48H28N2O2. The predicted octanol–water partition coefficient (Wildman–Crippen LogP) is 13.3. The van der Waals surface area contributed by atoms with Crippen molar-refractivity contribution in [2.24, 2.45) is 0 Å². The molecule has 0 saturated heterocycles. The van der Waals surface area contributed by atoms with Crippen LogP contribution in [0, 0.1) is 0 Å². The molecule has 0 amide bonds. The average Bonchev–Trinajstić information content (AvgIpc) is 3.95. The monoisotopic (exact) mass is 664 g/mol. The number of fused-ring (bicyclic) bond motifs is 12. The van der Waals surface area contributed by atoms with E-state index in [1.807, 2.05) is 12.1 Å². The lowest BCUT2D eigenvalue weighted by molar-refractivity contribution is 0.665. The van der Waals surface area contributed by atoms with Crippen LogP contribution in [-0.4, -0.2) is 9.13 Å². The first-order valence-corrected chi connectivity index (χ1v) is 17.7.